The maximum atomic E-state index is 12.9. The lowest BCUT2D eigenvalue weighted by Gasteiger charge is -2.26. The number of hydrogen-bond donors (Lipinski definition) is 2. The van der Waals surface area contributed by atoms with Gasteiger partial charge in [0.05, 0.1) is 6.42 Å². The van der Waals surface area contributed by atoms with Crippen molar-refractivity contribution in [2.24, 2.45) is 0 Å². The zero-order valence-corrected chi connectivity index (χ0v) is 17.9. The zero-order valence-electron chi connectivity index (χ0n) is 17.1. The molecule has 0 spiro atoms. The van der Waals surface area contributed by atoms with Gasteiger partial charge in [0.25, 0.3) is 0 Å². The van der Waals surface area contributed by atoms with E-state index >= 15 is 0 Å². The molecule has 0 radical (unpaired) electrons. The van der Waals surface area contributed by atoms with Gasteiger partial charge >= 0.3 is 6.03 Å². The highest BCUT2D eigenvalue weighted by Crippen LogP contribution is 2.25. The van der Waals surface area contributed by atoms with E-state index in [0.717, 1.165) is 22.5 Å². The Hall–Kier alpha value is -2.54. The zero-order chi connectivity index (χ0) is 20.5. The molecule has 0 saturated carbocycles. The highest BCUT2D eigenvalue weighted by molar-refractivity contribution is 7.10. The summed E-state index contributed by atoms with van der Waals surface area (Å²) >= 11 is 1.60. The lowest BCUT2D eigenvalue weighted by molar-refractivity contribution is -0.131. The monoisotopic (exact) mass is 402 g/mol. The summed E-state index contributed by atoms with van der Waals surface area (Å²) in [5.74, 6) is 0.121. The first-order chi connectivity index (χ1) is 13.4. The number of anilines is 2. The second-order valence-corrected chi connectivity index (χ2v) is 7.83. The summed E-state index contributed by atoms with van der Waals surface area (Å²) in [5, 5.41) is 7.57. The van der Waals surface area contributed by atoms with Gasteiger partial charge in [-0.3, -0.25) is 4.79 Å². The Bertz CT molecular complexity index is 775. The summed E-state index contributed by atoms with van der Waals surface area (Å²) in [7, 11) is 3.96. The molecule has 0 aliphatic heterocycles. The maximum absolute atomic E-state index is 12.9. The van der Waals surface area contributed by atoms with Gasteiger partial charge in [-0.05, 0) is 48.6 Å². The van der Waals surface area contributed by atoms with Gasteiger partial charge in [0.15, 0.2) is 0 Å². The molecule has 0 fully saturated rings. The maximum Gasteiger partial charge on any atom is 0.319 e. The number of nitrogens with one attached hydrogen (secondary N) is 2. The molecule has 28 heavy (non-hydrogen) atoms. The van der Waals surface area contributed by atoms with Crippen LogP contribution in [0.4, 0.5) is 16.2 Å². The summed E-state index contributed by atoms with van der Waals surface area (Å²) in [6.07, 6.45) is 1.32. The Morgan fingerprint density at radius 1 is 1.14 bits per heavy atom. The molecule has 0 saturated heterocycles. The van der Waals surface area contributed by atoms with E-state index in [2.05, 4.69) is 17.6 Å². The molecule has 0 unspecified atom stereocenters. The van der Waals surface area contributed by atoms with E-state index in [4.69, 9.17) is 0 Å². The van der Waals surface area contributed by atoms with Gasteiger partial charge in [0.2, 0.25) is 5.91 Å². The number of rotatable bonds is 9. The normalized spacial score (nSPS) is 10.4. The van der Waals surface area contributed by atoms with Crippen LogP contribution in [-0.2, 0) is 17.8 Å². The minimum Gasteiger partial charge on any atom is -0.377 e. The van der Waals surface area contributed by atoms with Crippen molar-refractivity contribution in [3.63, 3.8) is 0 Å². The number of carbonyl (C=O) groups is 2. The van der Waals surface area contributed by atoms with Crippen LogP contribution in [0.2, 0.25) is 0 Å². The number of benzene rings is 1. The van der Waals surface area contributed by atoms with Crippen molar-refractivity contribution in [1.29, 1.82) is 0 Å². The average Bonchev–Trinajstić information content (AvgIpc) is 3.14. The smallest absolute Gasteiger partial charge is 0.319 e. The van der Waals surface area contributed by atoms with Gasteiger partial charge in [-0.25, -0.2) is 4.79 Å². The van der Waals surface area contributed by atoms with Crippen molar-refractivity contribution in [2.45, 2.75) is 33.2 Å². The predicted octanol–water partition coefficient (Wildman–Crippen LogP) is 3.94. The van der Waals surface area contributed by atoms with E-state index in [1.54, 1.807) is 11.3 Å². The summed E-state index contributed by atoms with van der Waals surface area (Å²) in [6.45, 7) is 5.73. The number of amides is 3. The molecule has 3 amide bonds. The van der Waals surface area contributed by atoms with Crippen LogP contribution in [0, 0.1) is 0 Å². The molecule has 0 bridgehead atoms. The molecule has 2 N–H and O–H groups in total. The van der Waals surface area contributed by atoms with Gasteiger partial charge in [-0.2, -0.15) is 0 Å². The second-order valence-electron chi connectivity index (χ2n) is 6.79. The second kappa shape index (κ2) is 10.7. The number of nitrogens with zero attached hydrogens (tertiary/aromatic N) is 2. The highest BCUT2D eigenvalue weighted by atomic mass is 32.1. The number of carbonyl (C=O) groups excluding carboxylic acids is 2. The molecule has 0 aliphatic carbocycles. The third-order valence-corrected chi connectivity index (χ3v) is 5.15. The van der Waals surface area contributed by atoms with E-state index in [1.807, 2.05) is 66.5 Å². The summed E-state index contributed by atoms with van der Waals surface area (Å²) < 4.78 is 0. The third-order valence-electron chi connectivity index (χ3n) is 4.27. The van der Waals surface area contributed by atoms with E-state index < -0.39 is 0 Å². The van der Waals surface area contributed by atoms with Crippen molar-refractivity contribution in [2.75, 3.05) is 37.4 Å². The largest absolute Gasteiger partial charge is 0.377 e. The first-order valence-electron chi connectivity index (χ1n) is 9.59. The standard InChI is InChI=1S/C21H30N4O2S/c1-5-11-25(20(26)14-18-8-7-12-28-18)15-16-13-17(23-21(27)22-6-2)9-10-19(16)24(3)4/h7-10,12-13H,5-6,11,14-15H2,1-4H3,(H2,22,23,27). The van der Waals surface area contributed by atoms with Gasteiger partial charge in [0, 0.05) is 50.0 Å². The predicted molar refractivity (Wildman–Crippen MR) is 117 cm³/mol. The molecule has 1 aromatic carbocycles. The van der Waals surface area contributed by atoms with Crippen molar-refractivity contribution in [1.82, 2.24) is 10.2 Å². The third kappa shape index (κ3) is 6.27. The van der Waals surface area contributed by atoms with Crippen LogP contribution in [0.5, 0.6) is 0 Å². The summed E-state index contributed by atoms with van der Waals surface area (Å²) in [5.41, 5.74) is 2.76. The van der Waals surface area contributed by atoms with Crippen LogP contribution in [0.3, 0.4) is 0 Å². The number of thiophene rings is 1. The first kappa shape index (κ1) is 21.8. The fourth-order valence-electron chi connectivity index (χ4n) is 3.00. The molecule has 152 valence electrons. The Kier molecular flexibility index (Phi) is 8.32. The topological polar surface area (TPSA) is 64.7 Å². The molecule has 7 heteroatoms. The van der Waals surface area contributed by atoms with Crippen molar-refractivity contribution in [3.8, 4) is 0 Å². The quantitative estimate of drug-likeness (QED) is 0.668. The minimum atomic E-state index is -0.231. The Balaban J connectivity index is 2.22. The van der Waals surface area contributed by atoms with Gasteiger partial charge in [-0.1, -0.05) is 13.0 Å². The lowest BCUT2D eigenvalue weighted by Crippen LogP contribution is -2.33. The van der Waals surface area contributed by atoms with Crippen molar-refractivity contribution < 1.29 is 9.59 Å². The van der Waals surface area contributed by atoms with Crippen LogP contribution >= 0.6 is 11.3 Å². The van der Waals surface area contributed by atoms with E-state index in [1.165, 1.54) is 0 Å². The van der Waals surface area contributed by atoms with Gasteiger partial charge in [0.1, 0.15) is 0 Å². The van der Waals surface area contributed by atoms with Crippen molar-refractivity contribution >= 4 is 34.6 Å². The Morgan fingerprint density at radius 3 is 2.54 bits per heavy atom. The molecule has 2 aromatic rings. The Labute approximate surface area is 171 Å². The lowest BCUT2D eigenvalue weighted by atomic mass is 10.1. The fraction of sp³-hybridized carbons (Fsp3) is 0.429. The first-order valence-corrected chi connectivity index (χ1v) is 10.5. The number of urea groups is 1. The molecule has 0 aliphatic rings. The molecule has 6 nitrogen and oxygen atoms in total. The summed E-state index contributed by atoms with van der Waals surface area (Å²) in [4.78, 5) is 29.7. The van der Waals surface area contributed by atoms with E-state index in [-0.39, 0.29) is 11.9 Å². The van der Waals surface area contributed by atoms with E-state index in [9.17, 15) is 9.59 Å². The van der Waals surface area contributed by atoms with Crippen LogP contribution in [0.1, 0.15) is 30.7 Å². The van der Waals surface area contributed by atoms with Gasteiger partial charge < -0.3 is 20.4 Å². The highest BCUT2D eigenvalue weighted by Gasteiger charge is 2.17. The van der Waals surface area contributed by atoms with Crippen LogP contribution in [0.15, 0.2) is 35.7 Å². The minimum absolute atomic E-state index is 0.121. The summed E-state index contributed by atoms with van der Waals surface area (Å²) in [6, 6.07) is 9.54. The molecular formula is C21H30N4O2S. The Morgan fingerprint density at radius 2 is 1.93 bits per heavy atom. The van der Waals surface area contributed by atoms with Crippen LogP contribution in [0.25, 0.3) is 0 Å². The van der Waals surface area contributed by atoms with Crippen LogP contribution < -0.4 is 15.5 Å². The van der Waals surface area contributed by atoms with Gasteiger partial charge in [-0.15, -0.1) is 11.3 Å². The molecule has 1 heterocycles. The van der Waals surface area contributed by atoms with Crippen molar-refractivity contribution in [3.05, 3.63) is 46.2 Å². The molecule has 0 atom stereocenters. The number of hydrogen-bond acceptors (Lipinski definition) is 4. The molecule has 1 aromatic heterocycles. The fourth-order valence-corrected chi connectivity index (χ4v) is 3.70. The average molecular weight is 403 g/mol. The SMILES string of the molecule is CCCN(Cc1cc(NC(=O)NCC)ccc1N(C)C)C(=O)Cc1cccs1. The van der Waals surface area contributed by atoms with E-state index in [0.29, 0.717) is 31.7 Å². The van der Waals surface area contributed by atoms with Crippen LogP contribution in [-0.4, -0.2) is 44.0 Å². The molecule has 2 rings (SSSR count). The molecular weight excluding hydrogens is 372 g/mol.